The number of halogens is 1. The van der Waals surface area contributed by atoms with Crippen LogP contribution in [-0.4, -0.2) is 24.2 Å². The van der Waals surface area contributed by atoms with Gasteiger partial charge in [-0.05, 0) is 60.2 Å². The minimum absolute atomic E-state index is 0.168. The number of hydrogen-bond acceptors (Lipinski definition) is 4. The van der Waals surface area contributed by atoms with Crippen molar-refractivity contribution in [2.45, 2.75) is 6.92 Å². The van der Waals surface area contributed by atoms with Crippen LogP contribution in [0.15, 0.2) is 78.9 Å². The molecule has 0 aliphatic rings. The molecule has 162 valence electrons. The first kappa shape index (κ1) is 22.8. The second-order valence-electron chi connectivity index (χ2n) is 6.84. The number of benzene rings is 3. The van der Waals surface area contributed by atoms with Crippen LogP contribution >= 0.6 is 11.6 Å². The van der Waals surface area contributed by atoms with Crippen molar-refractivity contribution < 1.29 is 19.1 Å². The first-order chi connectivity index (χ1) is 15.4. The van der Waals surface area contributed by atoms with Crippen LogP contribution in [0.4, 0.5) is 11.4 Å². The Balaban J connectivity index is 1.55. The first-order valence-corrected chi connectivity index (χ1v) is 10.2. The smallest absolute Gasteiger partial charge is 0.262 e. The summed E-state index contributed by atoms with van der Waals surface area (Å²) in [6, 6.07) is 20.5. The van der Waals surface area contributed by atoms with E-state index in [1.54, 1.807) is 60.7 Å². The number of hydrogen-bond donors (Lipinski definition) is 2. The minimum Gasteiger partial charge on any atom is -0.484 e. The molecule has 0 aliphatic carbocycles. The third kappa shape index (κ3) is 6.82. The van der Waals surface area contributed by atoms with E-state index in [0.29, 0.717) is 27.7 Å². The van der Waals surface area contributed by atoms with E-state index in [9.17, 15) is 14.4 Å². The number of ketones is 1. The Morgan fingerprint density at radius 1 is 0.906 bits per heavy atom. The molecule has 2 N–H and O–H groups in total. The summed E-state index contributed by atoms with van der Waals surface area (Å²) in [5.74, 6) is -0.260. The molecule has 7 heteroatoms. The van der Waals surface area contributed by atoms with Crippen molar-refractivity contribution in [3.05, 3.63) is 95.0 Å². The summed E-state index contributed by atoms with van der Waals surface area (Å²) in [6.45, 7) is 1.22. The van der Waals surface area contributed by atoms with E-state index < -0.39 is 0 Å². The molecule has 3 aromatic rings. The van der Waals surface area contributed by atoms with Crippen LogP contribution in [-0.2, 0) is 9.59 Å². The van der Waals surface area contributed by atoms with E-state index in [2.05, 4.69) is 10.6 Å². The van der Waals surface area contributed by atoms with Gasteiger partial charge in [-0.1, -0.05) is 41.9 Å². The second kappa shape index (κ2) is 10.9. The molecule has 0 unspecified atom stereocenters. The molecule has 0 saturated heterocycles. The molecule has 0 bridgehead atoms. The zero-order chi connectivity index (χ0) is 22.9. The Morgan fingerprint density at radius 3 is 2.38 bits per heavy atom. The molecular weight excluding hydrogens is 428 g/mol. The SMILES string of the molecule is CC(=O)Nc1ccc(OCC(=O)Nc2cccc(C(=O)/C=C/c3ccccc3Cl)c2)cc1. The third-order valence-corrected chi connectivity index (χ3v) is 4.64. The van der Waals surface area contributed by atoms with E-state index in [1.165, 1.54) is 13.0 Å². The van der Waals surface area contributed by atoms with Gasteiger partial charge < -0.3 is 15.4 Å². The van der Waals surface area contributed by atoms with Crippen LogP contribution in [0.5, 0.6) is 5.75 Å². The second-order valence-corrected chi connectivity index (χ2v) is 7.25. The molecule has 0 saturated carbocycles. The highest BCUT2D eigenvalue weighted by atomic mass is 35.5. The van der Waals surface area contributed by atoms with Crippen molar-refractivity contribution in [3.8, 4) is 5.75 Å². The number of ether oxygens (including phenoxy) is 1. The van der Waals surface area contributed by atoms with Crippen molar-refractivity contribution in [1.29, 1.82) is 0 Å². The average molecular weight is 449 g/mol. The third-order valence-electron chi connectivity index (χ3n) is 4.29. The topological polar surface area (TPSA) is 84.5 Å². The Morgan fingerprint density at radius 2 is 1.66 bits per heavy atom. The molecule has 6 nitrogen and oxygen atoms in total. The zero-order valence-electron chi connectivity index (χ0n) is 17.3. The molecule has 0 radical (unpaired) electrons. The Labute approximate surface area is 190 Å². The summed E-state index contributed by atoms with van der Waals surface area (Å²) in [7, 11) is 0. The monoisotopic (exact) mass is 448 g/mol. The lowest BCUT2D eigenvalue weighted by atomic mass is 10.1. The summed E-state index contributed by atoms with van der Waals surface area (Å²) < 4.78 is 5.46. The number of anilines is 2. The zero-order valence-corrected chi connectivity index (χ0v) is 18.1. The summed E-state index contributed by atoms with van der Waals surface area (Å²) in [6.07, 6.45) is 3.09. The summed E-state index contributed by atoms with van der Waals surface area (Å²) in [5, 5.41) is 5.92. The Bertz CT molecular complexity index is 1160. The molecule has 0 aromatic heterocycles. The van der Waals surface area contributed by atoms with Gasteiger partial charge in [0.1, 0.15) is 5.75 Å². The van der Waals surface area contributed by atoms with Gasteiger partial charge in [0.15, 0.2) is 12.4 Å². The van der Waals surface area contributed by atoms with Crippen LogP contribution in [0.1, 0.15) is 22.8 Å². The van der Waals surface area contributed by atoms with E-state index in [0.717, 1.165) is 5.56 Å². The number of amides is 2. The quantitative estimate of drug-likeness (QED) is 0.366. The molecule has 32 heavy (non-hydrogen) atoms. The van der Waals surface area contributed by atoms with Crippen molar-refractivity contribution in [3.63, 3.8) is 0 Å². The summed E-state index contributed by atoms with van der Waals surface area (Å²) in [4.78, 5) is 35.7. The molecular formula is C25H21ClN2O4. The molecule has 0 spiro atoms. The van der Waals surface area contributed by atoms with Crippen LogP contribution in [0, 0.1) is 0 Å². The van der Waals surface area contributed by atoms with Crippen LogP contribution in [0.2, 0.25) is 5.02 Å². The molecule has 3 aromatic carbocycles. The van der Waals surface area contributed by atoms with E-state index in [4.69, 9.17) is 16.3 Å². The molecule has 0 aliphatic heterocycles. The number of rotatable bonds is 8. The number of carbonyl (C=O) groups is 3. The highest BCUT2D eigenvalue weighted by Crippen LogP contribution is 2.18. The van der Waals surface area contributed by atoms with Gasteiger partial charge in [0.2, 0.25) is 5.91 Å². The standard InChI is InChI=1S/C25H21ClN2O4/c1-17(29)27-20-10-12-22(13-11-20)32-16-25(31)28-21-7-4-6-19(15-21)24(30)14-9-18-5-2-3-8-23(18)26/h2-15H,16H2,1H3,(H,27,29)(H,28,31)/b14-9+. The lowest BCUT2D eigenvalue weighted by molar-refractivity contribution is -0.118. The van der Waals surface area contributed by atoms with Gasteiger partial charge >= 0.3 is 0 Å². The van der Waals surface area contributed by atoms with Gasteiger partial charge in [-0.15, -0.1) is 0 Å². The highest BCUT2D eigenvalue weighted by Gasteiger charge is 2.08. The Hall–Kier alpha value is -3.90. The molecule has 0 heterocycles. The van der Waals surface area contributed by atoms with Crippen LogP contribution < -0.4 is 15.4 Å². The number of allylic oxidation sites excluding steroid dienone is 1. The molecule has 2 amide bonds. The summed E-state index contributed by atoms with van der Waals surface area (Å²) in [5.41, 5.74) is 2.30. The fourth-order valence-electron chi connectivity index (χ4n) is 2.81. The lowest BCUT2D eigenvalue weighted by Gasteiger charge is -2.09. The van der Waals surface area contributed by atoms with Crippen molar-refractivity contribution in [1.82, 2.24) is 0 Å². The predicted octanol–water partition coefficient (Wildman–Crippen LogP) is 5.21. The van der Waals surface area contributed by atoms with Gasteiger partial charge in [-0.3, -0.25) is 14.4 Å². The number of carbonyl (C=O) groups excluding carboxylic acids is 3. The van der Waals surface area contributed by atoms with Gasteiger partial charge in [0, 0.05) is 28.9 Å². The van der Waals surface area contributed by atoms with Gasteiger partial charge in [-0.25, -0.2) is 0 Å². The molecule has 3 rings (SSSR count). The van der Waals surface area contributed by atoms with Crippen molar-refractivity contribution in [2.75, 3.05) is 17.2 Å². The van der Waals surface area contributed by atoms with Crippen LogP contribution in [0.25, 0.3) is 6.08 Å². The molecule has 0 fully saturated rings. The van der Waals surface area contributed by atoms with Gasteiger partial charge in [0.05, 0.1) is 0 Å². The van der Waals surface area contributed by atoms with E-state index in [-0.39, 0.29) is 24.2 Å². The van der Waals surface area contributed by atoms with Crippen LogP contribution in [0.3, 0.4) is 0 Å². The summed E-state index contributed by atoms with van der Waals surface area (Å²) >= 11 is 6.10. The maximum Gasteiger partial charge on any atom is 0.262 e. The maximum atomic E-state index is 12.5. The van der Waals surface area contributed by atoms with Gasteiger partial charge in [0.25, 0.3) is 5.91 Å². The maximum absolute atomic E-state index is 12.5. The van der Waals surface area contributed by atoms with E-state index >= 15 is 0 Å². The fourth-order valence-corrected chi connectivity index (χ4v) is 3.00. The fraction of sp³-hybridized carbons (Fsp3) is 0.0800. The van der Waals surface area contributed by atoms with E-state index in [1.807, 2.05) is 18.2 Å². The first-order valence-electron chi connectivity index (χ1n) is 9.78. The van der Waals surface area contributed by atoms with Crippen molar-refractivity contribution >= 4 is 46.6 Å². The Kier molecular flexibility index (Phi) is 7.78. The predicted molar refractivity (Wildman–Crippen MR) is 126 cm³/mol. The normalized spacial score (nSPS) is 10.6. The largest absolute Gasteiger partial charge is 0.484 e. The van der Waals surface area contributed by atoms with Crippen molar-refractivity contribution in [2.24, 2.45) is 0 Å². The van der Waals surface area contributed by atoms with Gasteiger partial charge in [-0.2, -0.15) is 0 Å². The molecule has 0 atom stereocenters. The average Bonchev–Trinajstić information content (AvgIpc) is 2.78. The lowest BCUT2D eigenvalue weighted by Crippen LogP contribution is -2.20. The number of nitrogens with one attached hydrogen (secondary N) is 2. The highest BCUT2D eigenvalue weighted by molar-refractivity contribution is 6.32. The minimum atomic E-state index is -0.368.